The number of pyridine rings is 1. The number of halogens is 1. The van der Waals surface area contributed by atoms with Crippen molar-refractivity contribution in [1.82, 2.24) is 4.98 Å². The third-order valence-electron chi connectivity index (χ3n) is 4.31. The second-order valence-corrected chi connectivity index (χ2v) is 6.15. The summed E-state index contributed by atoms with van der Waals surface area (Å²) < 4.78 is 0. The van der Waals surface area contributed by atoms with Crippen molar-refractivity contribution in [2.75, 3.05) is 18.0 Å². The number of rotatable bonds is 5. The molecule has 1 aromatic rings. The molecular formula is C17H27ClN2. The maximum absolute atomic E-state index is 6.02. The van der Waals surface area contributed by atoms with E-state index in [2.05, 4.69) is 30.9 Å². The van der Waals surface area contributed by atoms with E-state index in [4.69, 9.17) is 16.6 Å². The lowest BCUT2D eigenvalue weighted by Crippen LogP contribution is -2.25. The first-order valence-electron chi connectivity index (χ1n) is 8.07. The van der Waals surface area contributed by atoms with E-state index in [1.807, 2.05) is 0 Å². The largest absolute Gasteiger partial charge is 0.357 e. The van der Waals surface area contributed by atoms with Gasteiger partial charge in [-0.3, -0.25) is 0 Å². The first-order valence-corrected chi connectivity index (χ1v) is 8.61. The van der Waals surface area contributed by atoms with E-state index >= 15 is 0 Å². The molecule has 1 unspecified atom stereocenters. The molecule has 1 atom stereocenters. The van der Waals surface area contributed by atoms with Crippen molar-refractivity contribution in [2.45, 2.75) is 58.3 Å². The van der Waals surface area contributed by atoms with Crippen molar-refractivity contribution in [3.05, 3.63) is 23.4 Å². The van der Waals surface area contributed by atoms with Gasteiger partial charge in [0.05, 0.1) is 0 Å². The maximum atomic E-state index is 6.02. The zero-order chi connectivity index (χ0) is 14.4. The molecule has 0 spiro atoms. The Morgan fingerprint density at radius 2 is 2.10 bits per heavy atom. The fourth-order valence-electron chi connectivity index (χ4n) is 3.14. The lowest BCUT2D eigenvalue weighted by molar-refractivity contribution is 0.435. The average molecular weight is 295 g/mol. The molecule has 2 nitrogen and oxygen atoms in total. The summed E-state index contributed by atoms with van der Waals surface area (Å²) in [6.07, 6.45) is 7.64. The van der Waals surface area contributed by atoms with E-state index in [0.29, 0.717) is 5.88 Å². The Balaban J connectivity index is 2.10. The van der Waals surface area contributed by atoms with Crippen molar-refractivity contribution in [3.63, 3.8) is 0 Å². The van der Waals surface area contributed by atoms with Crippen LogP contribution in [0.5, 0.6) is 0 Å². The molecule has 0 aromatic carbocycles. The Morgan fingerprint density at radius 3 is 2.80 bits per heavy atom. The fourth-order valence-corrected chi connectivity index (χ4v) is 3.30. The van der Waals surface area contributed by atoms with Crippen molar-refractivity contribution in [2.24, 2.45) is 5.92 Å². The number of nitrogens with zero attached hydrogens (tertiary/aromatic N) is 2. The number of alkyl halides is 1. The van der Waals surface area contributed by atoms with Gasteiger partial charge in [0.2, 0.25) is 0 Å². The maximum Gasteiger partial charge on any atom is 0.129 e. The van der Waals surface area contributed by atoms with E-state index in [0.717, 1.165) is 36.9 Å². The van der Waals surface area contributed by atoms with Gasteiger partial charge in [-0.15, -0.1) is 11.6 Å². The summed E-state index contributed by atoms with van der Waals surface area (Å²) in [6.45, 7) is 6.74. The molecule has 1 fully saturated rings. The average Bonchev–Trinajstić information content (AvgIpc) is 2.73. The number of hydrogen-bond acceptors (Lipinski definition) is 2. The van der Waals surface area contributed by atoms with Crippen LogP contribution in [0.4, 0.5) is 5.82 Å². The highest BCUT2D eigenvalue weighted by Crippen LogP contribution is 2.25. The topological polar surface area (TPSA) is 16.1 Å². The Kier molecular flexibility index (Phi) is 6.15. The van der Waals surface area contributed by atoms with Gasteiger partial charge in [-0.2, -0.15) is 0 Å². The van der Waals surface area contributed by atoms with Crippen LogP contribution in [0.1, 0.15) is 57.2 Å². The Labute approximate surface area is 128 Å². The SMILES string of the molecule is CCCC1CCCN(c2cc(CCl)cc(CC)n2)CC1. The first-order chi connectivity index (χ1) is 9.76. The Bertz CT molecular complexity index is 397. The molecule has 20 heavy (non-hydrogen) atoms. The molecule has 0 radical (unpaired) electrons. The molecule has 0 saturated carbocycles. The van der Waals surface area contributed by atoms with Crippen LogP contribution in [0.3, 0.4) is 0 Å². The van der Waals surface area contributed by atoms with Crippen molar-refractivity contribution in [3.8, 4) is 0 Å². The zero-order valence-corrected chi connectivity index (χ0v) is 13.6. The van der Waals surface area contributed by atoms with Crippen LogP contribution in [0.15, 0.2) is 12.1 Å². The monoisotopic (exact) mass is 294 g/mol. The molecule has 3 heteroatoms. The van der Waals surface area contributed by atoms with Crippen LogP contribution in [0, 0.1) is 5.92 Å². The van der Waals surface area contributed by atoms with Crippen LogP contribution in [0.25, 0.3) is 0 Å². The summed E-state index contributed by atoms with van der Waals surface area (Å²) in [7, 11) is 0. The lowest BCUT2D eigenvalue weighted by Gasteiger charge is -2.23. The van der Waals surface area contributed by atoms with E-state index in [1.54, 1.807) is 0 Å². The summed E-state index contributed by atoms with van der Waals surface area (Å²) in [6, 6.07) is 4.31. The van der Waals surface area contributed by atoms with E-state index in [1.165, 1.54) is 37.7 Å². The molecule has 1 aromatic heterocycles. The zero-order valence-electron chi connectivity index (χ0n) is 12.9. The van der Waals surface area contributed by atoms with E-state index in [9.17, 15) is 0 Å². The minimum atomic E-state index is 0.578. The third kappa shape index (κ3) is 4.12. The lowest BCUT2D eigenvalue weighted by atomic mass is 9.96. The van der Waals surface area contributed by atoms with Crippen LogP contribution in [0.2, 0.25) is 0 Å². The van der Waals surface area contributed by atoms with Gasteiger partial charge in [-0.1, -0.05) is 26.7 Å². The molecule has 1 saturated heterocycles. The summed E-state index contributed by atoms with van der Waals surface area (Å²) in [5, 5.41) is 0. The second kappa shape index (κ2) is 7.87. The number of aryl methyl sites for hydroxylation is 1. The van der Waals surface area contributed by atoms with Gasteiger partial charge < -0.3 is 4.90 Å². The van der Waals surface area contributed by atoms with Gasteiger partial charge in [-0.25, -0.2) is 4.98 Å². The highest BCUT2D eigenvalue weighted by molar-refractivity contribution is 6.17. The van der Waals surface area contributed by atoms with Crippen molar-refractivity contribution < 1.29 is 0 Å². The number of aromatic nitrogens is 1. The van der Waals surface area contributed by atoms with Gasteiger partial charge in [0, 0.05) is 24.7 Å². The summed E-state index contributed by atoms with van der Waals surface area (Å²) in [5.74, 6) is 2.62. The highest BCUT2D eigenvalue weighted by atomic mass is 35.5. The Morgan fingerprint density at radius 1 is 1.25 bits per heavy atom. The summed E-state index contributed by atoms with van der Waals surface area (Å²) in [4.78, 5) is 7.27. The van der Waals surface area contributed by atoms with E-state index in [-0.39, 0.29) is 0 Å². The molecule has 112 valence electrons. The van der Waals surface area contributed by atoms with Crippen LogP contribution in [-0.2, 0) is 12.3 Å². The van der Waals surface area contributed by atoms with Gasteiger partial charge >= 0.3 is 0 Å². The summed E-state index contributed by atoms with van der Waals surface area (Å²) in [5.41, 5.74) is 2.36. The third-order valence-corrected chi connectivity index (χ3v) is 4.62. The first kappa shape index (κ1) is 15.6. The quantitative estimate of drug-likeness (QED) is 0.726. The standard InChI is InChI=1S/C17H27ClN2/c1-3-6-14-7-5-9-20(10-8-14)17-12-15(13-18)11-16(4-2)19-17/h11-12,14H,3-10,13H2,1-2H3. The van der Waals surface area contributed by atoms with Crippen LogP contribution in [-0.4, -0.2) is 18.1 Å². The van der Waals surface area contributed by atoms with E-state index < -0.39 is 0 Å². The van der Waals surface area contributed by atoms with Gasteiger partial charge in [0.1, 0.15) is 5.82 Å². The molecule has 2 heterocycles. The predicted molar refractivity (Wildman–Crippen MR) is 87.6 cm³/mol. The molecule has 0 bridgehead atoms. The summed E-state index contributed by atoms with van der Waals surface area (Å²) >= 11 is 6.02. The van der Waals surface area contributed by atoms with Crippen molar-refractivity contribution >= 4 is 17.4 Å². The Hall–Kier alpha value is -0.760. The minimum absolute atomic E-state index is 0.578. The van der Waals surface area contributed by atoms with Crippen LogP contribution < -0.4 is 4.90 Å². The predicted octanol–water partition coefficient (Wildman–Crippen LogP) is 4.79. The highest BCUT2D eigenvalue weighted by Gasteiger charge is 2.18. The molecule has 2 rings (SSSR count). The normalized spacial score (nSPS) is 19.9. The molecular weight excluding hydrogens is 268 g/mol. The number of hydrogen-bond donors (Lipinski definition) is 0. The van der Waals surface area contributed by atoms with Gasteiger partial charge in [-0.05, 0) is 49.3 Å². The molecule has 0 amide bonds. The second-order valence-electron chi connectivity index (χ2n) is 5.88. The number of anilines is 1. The van der Waals surface area contributed by atoms with Gasteiger partial charge in [0.25, 0.3) is 0 Å². The molecule has 1 aliphatic heterocycles. The fraction of sp³-hybridized carbons (Fsp3) is 0.706. The minimum Gasteiger partial charge on any atom is -0.357 e. The smallest absolute Gasteiger partial charge is 0.129 e. The van der Waals surface area contributed by atoms with Crippen molar-refractivity contribution in [1.29, 1.82) is 0 Å². The molecule has 0 aliphatic carbocycles. The molecule has 0 N–H and O–H groups in total. The van der Waals surface area contributed by atoms with Gasteiger partial charge in [0.15, 0.2) is 0 Å². The molecule has 1 aliphatic rings. The van der Waals surface area contributed by atoms with Crippen LogP contribution >= 0.6 is 11.6 Å².